The van der Waals surface area contributed by atoms with Crippen LogP contribution >= 0.6 is 0 Å². The Hall–Kier alpha value is -2.30. The predicted molar refractivity (Wildman–Crippen MR) is 57.4 cm³/mol. The molecule has 5 nitrogen and oxygen atoms in total. The summed E-state index contributed by atoms with van der Waals surface area (Å²) in [5.41, 5.74) is 0.685. The average molecular weight is 219 g/mol. The summed E-state index contributed by atoms with van der Waals surface area (Å²) >= 11 is 0. The van der Waals surface area contributed by atoms with Gasteiger partial charge < -0.3 is 9.15 Å². The lowest BCUT2D eigenvalue weighted by Gasteiger charge is -2.05. The molecule has 1 aromatic heterocycles. The molecule has 2 rings (SSSR count). The van der Waals surface area contributed by atoms with E-state index in [2.05, 4.69) is 0 Å². The Morgan fingerprint density at radius 1 is 1.38 bits per heavy atom. The van der Waals surface area contributed by atoms with Crippen LogP contribution in [0.3, 0.4) is 0 Å². The maximum atomic E-state index is 10.6. The summed E-state index contributed by atoms with van der Waals surface area (Å²) in [5, 5.41) is 10.6. The van der Waals surface area contributed by atoms with Crippen molar-refractivity contribution in [3.8, 4) is 17.1 Å². The number of benzene rings is 1. The van der Waals surface area contributed by atoms with E-state index in [9.17, 15) is 10.1 Å². The van der Waals surface area contributed by atoms with Gasteiger partial charge in [-0.2, -0.15) is 0 Å². The Morgan fingerprint density at radius 3 is 2.75 bits per heavy atom. The molecule has 0 saturated heterocycles. The molecule has 0 N–H and O–H groups in total. The molecular formula is C11H9NO4. The lowest BCUT2D eigenvalue weighted by molar-refractivity contribution is -0.384. The van der Waals surface area contributed by atoms with Gasteiger partial charge in [-0.3, -0.25) is 10.1 Å². The highest BCUT2D eigenvalue weighted by Crippen LogP contribution is 2.33. The Balaban J connectivity index is 2.51. The van der Waals surface area contributed by atoms with Crippen molar-refractivity contribution in [2.75, 3.05) is 7.11 Å². The molecule has 0 bridgehead atoms. The van der Waals surface area contributed by atoms with E-state index in [1.165, 1.54) is 25.5 Å². The van der Waals surface area contributed by atoms with Gasteiger partial charge in [-0.25, -0.2) is 0 Å². The first kappa shape index (κ1) is 10.2. The van der Waals surface area contributed by atoms with E-state index in [-0.39, 0.29) is 5.69 Å². The molecule has 0 atom stereocenters. The van der Waals surface area contributed by atoms with Crippen molar-refractivity contribution in [1.82, 2.24) is 0 Å². The molecule has 0 spiro atoms. The van der Waals surface area contributed by atoms with E-state index in [1.54, 1.807) is 18.2 Å². The smallest absolute Gasteiger partial charge is 0.273 e. The van der Waals surface area contributed by atoms with Gasteiger partial charge in [-0.1, -0.05) is 0 Å². The molecule has 0 saturated carbocycles. The zero-order chi connectivity index (χ0) is 11.5. The molecule has 0 radical (unpaired) electrons. The van der Waals surface area contributed by atoms with Gasteiger partial charge in [0.1, 0.15) is 11.5 Å². The summed E-state index contributed by atoms with van der Waals surface area (Å²) in [6, 6.07) is 7.91. The number of furan rings is 1. The number of non-ortho nitro benzene ring substituents is 1. The molecule has 1 aromatic carbocycles. The molecule has 1 heterocycles. The maximum absolute atomic E-state index is 10.6. The van der Waals surface area contributed by atoms with Crippen LogP contribution in [0.5, 0.6) is 5.75 Å². The van der Waals surface area contributed by atoms with Gasteiger partial charge in [0.05, 0.1) is 29.9 Å². The van der Waals surface area contributed by atoms with E-state index in [0.717, 1.165) is 0 Å². The first-order chi connectivity index (χ1) is 7.72. The second kappa shape index (κ2) is 4.06. The Kier molecular flexibility index (Phi) is 2.59. The summed E-state index contributed by atoms with van der Waals surface area (Å²) in [5.74, 6) is 1.04. The third-order valence-corrected chi connectivity index (χ3v) is 2.18. The number of methoxy groups -OCH3 is 1. The van der Waals surface area contributed by atoms with Crippen LogP contribution in [0.25, 0.3) is 11.3 Å². The second-order valence-electron chi connectivity index (χ2n) is 3.12. The minimum absolute atomic E-state index is 0.00726. The minimum atomic E-state index is -0.464. The first-order valence-corrected chi connectivity index (χ1v) is 4.58. The van der Waals surface area contributed by atoms with E-state index in [0.29, 0.717) is 17.1 Å². The average Bonchev–Trinajstić information content (AvgIpc) is 2.81. The summed E-state index contributed by atoms with van der Waals surface area (Å²) in [6.07, 6.45) is 1.54. The van der Waals surface area contributed by atoms with Crippen molar-refractivity contribution >= 4 is 5.69 Å². The number of hydrogen-bond acceptors (Lipinski definition) is 4. The molecular weight excluding hydrogens is 210 g/mol. The fraction of sp³-hybridized carbons (Fsp3) is 0.0909. The highest BCUT2D eigenvalue weighted by atomic mass is 16.6. The zero-order valence-electron chi connectivity index (χ0n) is 8.54. The molecule has 0 amide bonds. The molecule has 82 valence electrons. The van der Waals surface area contributed by atoms with Crippen LogP contribution in [-0.4, -0.2) is 12.0 Å². The normalized spacial score (nSPS) is 10.1. The van der Waals surface area contributed by atoms with Crippen LogP contribution < -0.4 is 4.74 Å². The Labute approximate surface area is 91.4 Å². The second-order valence-corrected chi connectivity index (χ2v) is 3.12. The Morgan fingerprint density at radius 2 is 2.19 bits per heavy atom. The standard InChI is InChI=1S/C11H9NO4/c1-15-11-7-8(12(13)14)4-5-9(11)10-3-2-6-16-10/h2-7H,1H3. The minimum Gasteiger partial charge on any atom is -0.496 e. The van der Waals surface area contributed by atoms with Gasteiger partial charge in [-0.05, 0) is 18.2 Å². The number of nitro benzene ring substituents is 1. The number of rotatable bonds is 3. The fourth-order valence-corrected chi connectivity index (χ4v) is 1.43. The fourth-order valence-electron chi connectivity index (χ4n) is 1.43. The highest BCUT2D eigenvalue weighted by Gasteiger charge is 2.13. The van der Waals surface area contributed by atoms with Gasteiger partial charge in [0, 0.05) is 6.07 Å². The molecule has 2 aromatic rings. The molecule has 16 heavy (non-hydrogen) atoms. The first-order valence-electron chi connectivity index (χ1n) is 4.58. The number of hydrogen-bond donors (Lipinski definition) is 0. The van der Waals surface area contributed by atoms with Gasteiger partial charge in [-0.15, -0.1) is 0 Å². The summed E-state index contributed by atoms with van der Waals surface area (Å²) < 4.78 is 10.3. The lowest BCUT2D eigenvalue weighted by atomic mass is 10.1. The monoisotopic (exact) mass is 219 g/mol. The number of ether oxygens (including phenoxy) is 1. The predicted octanol–water partition coefficient (Wildman–Crippen LogP) is 2.86. The molecule has 0 aliphatic carbocycles. The molecule has 0 aliphatic heterocycles. The van der Waals surface area contributed by atoms with Crippen molar-refractivity contribution in [3.63, 3.8) is 0 Å². The topological polar surface area (TPSA) is 65.5 Å². The molecule has 0 aliphatic rings. The maximum Gasteiger partial charge on any atom is 0.273 e. The van der Waals surface area contributed by atoms with Crippen LogP contribution in [-0.2, 0) is 0 Å². The quantitative estimate of drug-likeness (QED) is 0.588. The SMILES string of the molecule is COc1cc([N+](=O)[O-])ccc1-c1ccco1. The Bertz CT molecular complexity index is 505. The van der Waals surface area contributed by atoms with Crippen molar-refractivity contribution < 1.29 is 14.1 Å². The summed E-state index contributed by atoms with van der Waals surface area (Å²) in [4.78, 5) is 10.1. The largest absolute Gasteiger partial charge is 0.496 e. The van der Waals surface area contributed by atoms with Gasteiger partial charge >= 0.3 is 0 Å². The number of nitro groups is 1. The van der Waals surface area contributed by atoms with E-state index in [4.69, 9.17) is 9.15 Å². The van der Waals surface area contributed by atoms with Crippen molar-refractivity contribution in [1.29, 1.82) is 0 Å². The van der Waals surface area contributed by atoms with E-state index < -0.39 is 4.92 Å². The molecule has 0 fully saturated rings. The van der Waals surface area contributed by atoms with Crippen LogP contribution in [0.4, 0.5) is 5.69 Å². The molecule has 5 heteroatoms. The molecule has 0 unspecified atom stereocenters. The van der Waals surface area contributed by atoms with Crippen LogP contribution in [0.1, 0.15) is 0 Å². The van der Waals surface area contributed by atoms with E-state index >= 15 is 0 Å². The van der Waals surface area contributed by atoms with Crippen LogP contribution in [0.15, 0.2) is 41.0 Å². The van der Waals surface area contributed by atoms with E-state index in [1.807, 2.05) is 0 Å². The van der Waals surface area contributed by atoms with Crippen molar-refractivity contribution in [2.45, 2.75) is 0 Å². The van der Waals surface area contributed by atoms with Gasteiger partial charge in [0.15, 0.2) is 0 Å². The highest BCUT2D eigenvalue weighted by molar-refractivity contribution is 5.68. The summed E-state index contributed by atoms with van der Waals surface area (Å²) in [7, 11) is 1.46. The summed E-state index contributed by atoms with van der Waals surface area (Å²) in [6.45, 7) is 0. The van der Waals surface area contributed by atoms with Crippen LogP contribution in [0, 0.1) is 10.1 Å². The van der Waals surface area contributed by atoms with Crippen molar-refractivity contribution in [2.24, 2.45) is 0 Å². The number of nitrogens with zero attached hydrogens (tertiary/aromatic N) is 1. The third kappa shape index (κ3) is 1.75. The van der Waals surface area contributed by atoms with Crippen LogP contribution in [0.2, 0.25) is 0 Å². The van der Waals surface area contributed by atoms with Gasteiger partial charge in [0.2, 0.25) is 0 Å². The lowest BCUT2D eigenvalue weighted by Crippen LogP contribution is -1.91. The van der Waals surface area contributed by atoms with Crippen molar-refractivity contribution in [3.05, 3.63) is 46.7 Å². The zero-order valence-corrected chi connectivity index (χ0v) is 8.54. The van der Waals surface area contributed by atoms with Gasteiger partial charge in [0.25, 0.3) is 5.69 Å². The third-order valence-electron chi connectivity index (χ3n) is 2.18.